The highest BCUT2D eigenvalue weighted by molar-refractivity contribution is 5.64. The molecule has 0 spiro atoms. The average molecular weight is 270 g/mol. The van der Waals surface area contributed by atoms with Gasteiger partial charge in [0.05, 0.1) is 5.56 Å². The first kappa shape index (κ1) is 15.5. The Bertz CT molecular complexity index is 439. The first-order valence-electron chi connectivity index (χ1n) is 6.04. The summed E-state index contributed by atoms with van der Waals surface area (Å²) in [5, 5.41) is 0. The Morgan fingerprint density at radius 2 is 1.84 bits per heavy atom. The van der Waals surface area contributed by atoms with Crippen molar-refractivity contribution in [1.29, 1.82) is 0 Å². The van der Waals surface area contributed by atoms with E-state index in [1.807, 2.05) is 0 Å². The van der Waals surface area contributed by atoms with Gasteiger partial charge in [-0.1, -0.05) is 18.7 Å². The van der Waals surface area contributed by atoms with Crippen LogP contribution in [0.5, 0.6) is 0 Å². The van der Waals surface area contributed by atoms with Crippen molar-refractivity contribution >= 4 is 5.57 Å². The molecule has 0 N–H and O–H groups in total. The minimum atomic E-state index is -4.30. The highest BCUT2D eigenvalue weighted by atomic mass is 19.4. The van der Waals surface area contributed by atoms with E-state index in [1.165, 1.54) is 12.1 Å². The molecule has 0 unspecified atom stereocenters. The summed E-state index contributed by atoms with van der Waals surface area (Å²) in [5.74, 6) is 0. The quantitative estimate of drug-likeness (QED) is 0.538. The number of hydrogen-bond donors (Lipinski definition) is 0. The van der Waals surface area contributed by atoms with Crippen molar-refractivity contribution < 1.29 is 17.9 Å². The molecule has 0 aromatic heterocycles. The van der Waals surface area contributed by atoms with E-state index in [-0.39, 0.29) is 0 Å². The predicted molar refractivity (Wildman–Crippen MR) is 69.7 cm³/mol. The molecule has 0 saturated carbocycles. The zero-order valence-corrected chi connectivity index (χ0v) is 10.9. The van der Waals surface area contributed by atoms with Gasteiger partial charge in [0.15, 0.2) is 0 Å². The Kier molecular flexibility index (Phi) is 5.87. The van der Waals surface area contributed by atoms with Gasteiger partial charge in [-0.3, -0.25) is 0 Å². The molecule has 104 valence electrons. The third-order valence-electron chi connectivity index (χ3n) is 2.80. The molecule has 0 aliphatic rings. The zero-order chi connectivity index (χ0) is 14.3. The molecular formula is C15H17F3O. The third kappa shape index (κ3) is 4.93. The van der Waals surface area contributed by atoms with E-state index < -0.39 is 11.7 Å². The SMILES string of the molecule is C=C=C(CCCCOC)c1ccc(C(F)(F)F)cc1. The van der Waals surface area contributed by atoms with Crippen LogP contribution in [0.3, 0.4) is 0 Å². The van der Waals surface area contributed by atoms with E-state index in [0.29, 0.717) is 6.61 Å². The number of ether oxygens (including phenoxy) is 1. The Labute approximate surface area is 111 Å². The van der Waals surface area contributed by atoms with E-state index in [4.69, 9.17) is 4.74 Å². The van der Waals surface area contributed by atoms with Gasteiger partial charge in [-0.15, -0.1) is 5.73 Å². The molecule has 0 bridgehead atoms. The Hall–Kier alpha value is -1.51. The molecule has 0 heterocycles. The summed E-state index contributed by atoms with van der Waals surface area (Å²) in [4.78, 5) is 0. The largest absolute Gasteiger partial charge is 0.416 e. The molecule has 4 heteroatoms. The van der Waals surface area contributed by atoms with E-state index in [1.54, 1.807) is 7.11 Å². The molecular weight excluding hydrogens is 253 g/mol. The van der Waals surface area contributed by atoms with Crippen LogP contribution >= 0.6 is 0 Å². The molecule has 0 fully saturated rings. The maximum atomic E-state index is 12.4. The van der Waals surface area contributed by atoms with E-state index >= 15 is 0 Å². The highest BCUT2D eigenvalue weighted by Crippen LogP contribution is 2.30. The smallest absolute Gasteiger partial charge is 0.385 e. The fourth-order valence-electron chi connectivity index (χ4n) is 1.74. The predicted octanol–water partition coefficient (Wildman–Crippen LogP) is 4.69. The number of halogens is 3. The molecule has 0 radical (unpaired) electrons. The summed E-state index contributed by atoms with van der Waals surface area (Å²) < 4.78 is 42.3. The number of rotatable bonds is 6. The summed E-state index contributed by atoms with van der Waals surface area (Å²) in [7, 11) is 1.64. The van der Waals surface area contributed by atoms with Crippen molar-refractivity contribution in [3.05, 3.63) is 47.7 Å². The molecule has 19 heavy (non-hydrogen) atoms. The number of alkyl halides is 3. The Morgan fingerprint density at radius 3 is 2.32 bits per heavy atom. The molecule has 1 aromatic carbocycles. The summed E-state index contributed by atoms with van der Waals surface area (Å²) in [5.41, 5.74) is 3.73. The van der Waals surface area contributed by atoms with Crippen molar-refractivity contribution in [1.82, 2.24) is 0 Å². The number of benzene rings is 1. The average Bonchev–Trinajstić information content (AvgIpc) is 2.38. The van der Waals surface area contributed by atoms with Crippen LogP contribution in [-0.4, -0.2) is 13.7 Å². The van der Waals surface area contributed by atoms with Crippen molar-refractivity contribution in [2.75, 3.05) is 13.7 Å². The van der Waals surface area contributed by atoms with Gasteiger partial charge in [-0.2, -0.15) is 13.2 Å². The van der Waals surface area contributed by atoms with E-state index in [2.05, 4.69) is 12.3 Å². The first-order valence-corrected chi connectivity index (χ1v) is 6.04. The van der Waals surface area contributed by atoms with Gasteiger partial charge in [0.25, 0.3) is 0 Å². The molecule has 1 rings (SSSR count). The maximum absolute atomic E-state index is 12.4. The van der Waals surface area contributed by atoms with Crippen LogP contribution in [-0.2, 0) is 10.9 Å². The molecule has 0 amide bonds. The van der Waals surface area contributed by atoms with Gasteiger partial charge in [0, 0.05) is 19.3 Å². The lowest BCUT2D eigenvalue weighted by Gasteiger charge is -2.09. The minimum absolute atomic E-state index is 0.640. The molecule has 1 aromatic rings. The van der Waals surface area contributed by atoms with Gasteiger partial charge in [-0.25, -0.2) is 0 Å². The van der Waals surface area contributed by atoms with Gasteiger partial charge >= 0.3 is 6.18 Å². The topological polar surface area (TPSA) is 9.23 Å². The summed E-state index contributed by atoms with van der Waals surface area (Å²) in [6.07, 6.45) is -1.76. The lowest BCUT2D eigenvalue weighted by molar-refractivity contribution is -0.137. The molecule has 0 saturated heterocycles. The fraction of sp³-hybridized carbons (Fsp3) is 0.400. The van der Waals surface area contributed by atoms with Crippen LogP contribution in [0.1, 0.15) is 30.4 Å². The van der Waals surface area contributed by atoms with Gasteiger partial charge in [0.2, 0.25) is 0 Å². The lowest BCUT2D eigenvalue weighted by Crippen LogP contribution is -2.04. The second-order valence-electron chi connectivity index (χ2n) is 4.18. The van der Waals surface area contributed by atoms with Crippen LogP contribution in [0, 0.1) is 0 Å². The normalized spacial score (nSPS) is 11.2. The molecule has 0 aliphatic heterocycles. The van der Waals surface area contributed by atoms with Gasteiger partial charge in [0.1, 0.15) is 0 Å². The van der Waals surface area contributed by atoms with Crippen molar-refractivity contribution in [2.45, 2.75) is 25.4 Å². The zero-order valence-electron chi connectivity index (χ0n) is 10.9. The number of methoxy groups -OCH3 is 1. The van der Waals surface area contributed by atoms with Crippen LogP contribution in [0.4, 0.5) is 13.2 Å². The summed E-state index contributed by atoms with van der Waals surface area (Å²) in [6.45, 7) is 4.27. The van der Waals surface area contributed by atoms with Crippen molar-refractivity contribution in [3.8, 4) is 0 Å². The molecule has 0 aliphatic carbocycles. The van der Waals surface area contributed by atoms with E-state index in [0.717, 1.165) is 42.5 Å². The van der Waals surface area contributed by atoms with Crippen LogP contribution < -0.4 is 0 Å². The molecule has 0 atom stereocenters. The van der Waals surface area contributed by atoms with E-state index in [9.17, 15) is 13.2 Å². The van der Waals surface area contributed by atoms with Crippen LogP contribution in [0.15, 0.2) is 36.6 Å². The number of hydrogen-bond acceptors (Lipinski definition) is 1. The second kappa shape index (κ2) is 7.17. The monoisotopic (exact) mass is 270 g/mol. The standard InChI is InChI=1S/C15H17F3O/c1-3-12(6-4-5-11-19-2)13-7-9-14(10-8-13)15(16,17)18/h7-10H,1,4-6,11H2,2H3. The van der Waals surface area contributed by atoms with Crippen LogP contribution in [0.2, 0.25) is 0 Å². The first-order chi connectivity index (χ1) is 8.99. The highest BCUT2D eigenvalue weighted by Gasteiger charge is 2.29. The van der Waals surface area contributed by atoms with Gasteiger partial charge in [-0.05, 0) is 37.0 Å². The second-order valence-corrected chi connectivity index (χ2v) is 4.18. The summed E-state index contributed by atoms with van der Waals surface area (Å²) >= 11 is 0. The summed E-state index contributed by atoms with van der Waals surface area (Å²) in [6, 6.07) is 5.10. The van der Waals surface area contributed by atoms with Crippen LogP contribution in [0.25, 0.3) is 5.57 Å². The number of unbranched alkanes of at least 4 members (excludes halogenated alkanes) is 1. The Balaban J connectivity index is 2.70. The Morgan fingerprint density at radius 1 is 1.21 bits per heavy atom. The van der Waals surface area contributed by atoms with Crippen molar-refractivity contribution in [3.63, 3.8) is 0 Å². The number of allylic oxidation sites excluding steroid dienone is 1. The van der Waals surface area contributed by atoms with Gasteiger partial charge < -0.3 is 4.74 Å². The third-order valence-corrected chi connectivity index (χ3v) is 2.80. The van der Waals surface area contributed by atoms with Crippen molar-refractivity contribution in [2.24, 2.45) is 0 Å². The fourth-order valence-corrected chi connectivity index (χ4v) is 1.74. The maximum Gasteiger partial charge on any atom is 0.416 e. The lowest BCUT2D eigenvalue weighted by atomic mass is 10.00. The molecule has 1 nitrogen and oxygen atoms in total. The minimum Gasteiger partial charge on any atom is -0.385 e.